The standard InChI is InChI=1S/C23H25FN4O2.C22H23FN4O2.ClH/c1-14-23(29)26-25-22-13-30-21-12-18(16-5-3-4-6-19(16)24)17(11-20(21)28(14)22)15-7-9-27(2)10-8-15;1-13-22(28)26-25-21-12-29-20-11-17(15-4-2-3-5-18(15)23)16(10-19(20)27(13)21)14-6-8-24-9-7-14;/h3-6,11-12,14-15H,7-10,13H2,1-2H3,(H,26,29);2-5,10-11,13-14,24H,6-9,12H2,1H3,(H,26,28);1H/t14-;13-;/m11./s1. The Hall–Kier alpha value is -5.57. The molecule has 0 saturated carbocycles. The summed E-state index contributed by atoms with van der Waals surface area (Å²) < 4.78 is 41.4. The number of hydrogen-bond acceptors (Lipinski definition) is 10. The van der Waals surface area contributed by atoms with E-state index in [1.54, 1.807) is 12.1 Å². The fraction of sp³-hybridized carbons (Fsp3) is 0.378. The number of hydrazone groups is 2. The Balaban J connectivity index is 0.000000164. The molecule has 2 atom stereocenters. The molecule has 10 rings (SSSR count). The van der Waals surface area contributed by atoms with Crippen LogP contribution >= 0.6 is 12.4 Å². The van der Waals surface area contributed by atoms with Gasteiger partial charge in [0, 0.05) is 11.1 Å². The average molecular weight is 839 g/mol. The molecule has 12 nitrogen and oxygen atoms in total. The first-order valence-corrected chi connectivity index (χ1v) is 20.5. The Kier molecular flexibility index (Phi) is 11.8. The molecule has 15 heteroatoms. The van der Waals surface area contributed by atoms with E-state index in [4.69, 9.17) is 9.47 Å². The van der Waals surface area contributed by atoms with Gasteiger partial charge in [-0.15, -0.1) is 12.4 Å². The minimum atomic E-state index is -0.384. The van der Waals surface area contributed by atoms with Crippen molar-refractivity contribution in [3.05, 3.63) is 95.6 Å². The Morgan fingerprint density at radius 2 is 1.07 bits per heavy atom. The van der Waals surface area contributed by atoms with Crippen molar-refractivity contribution in [1.29, 1.82) is 0 Å². The van der Waals surface area contributed by atoms with Crippen molar-refractivity contribution < 1.29 is 27.8 Å². The maximum absolute atomic E-state index is 14.8. The normalized spacial score (nSPS) is 21.4. The number of piperidine rings is 2. The highest BCUT2D eigenvalue weighted by Gasteiger charge is 2.38. The number of likely N-dealkylation sites (tertiary alicyclic amines) is 1. The molecule has 6 heterocycles. The van der Waals surface area contributed by atoms with Crippen molar-refractivity contribution in [2.75, 3.05) is 56.2 Å². The van der Waals surface area contributed by atoms with Gasteiger partial charge in [-0.3, -0.25) is 9.59 Å². The molecule has 314 valence electrons. The monoisotopic (exact) mass is 838 g/mol. The lowest BCUT2D eigenvalue weighted by molar-refractivity contribution is -0.123. The average Bonchev–Trinajstić information content (AvgIpc) is 3.26. The summed E-state index contributed by atoms with van der Waals surface area (Å²) in [7, 11) is 2.13. The third-order valence-electron chi connectivity index (χ3n) is 12.4. The second kappa shape index (κ2) is 17.2. The minimum absolute atomic E-state index is 0. The molecule has 4 aromatic carbocycles. The Morgan fingerprint density at radius 1 is 0.633 bits per heavy atom. The van der Waals surface area contributed by atoms with Crippen LogP contribution in [0.15, 0.2) is 83.0 Å². The van der Waals surface area contributed by atoms with E-state index < -0.39 is 0 Å². The van der Waals surface area contributed by atoms with Crippen LogP contribution in [0.3, 0.4) is 0 Å². The van der Waals surface area contributed by atoms with Gasteiger partial charge in [-0.2, -0.15) is 10.2 Å². The van der Waals surface area contributed by atoms with E-state index in [1.807, 2.05) is 60.0 Å². The Bertz CT molecular complexity index is 2360. The lowest BCUT2D eigenvalue weighted by atomic mass is 9.83. The van der Waals surface area contributed by atoms with Crippen molar-refractivity contribution in [2.24, 2.45) is 10.2 Å². The maximum Gasteiger partial charge on any atom is 0.262 e. The maximum atomic E-state index is 14.8. The molecule has 0 aromatic heterocycles. The topological polar surface area (TPSA) is 123 Å². The highest BCUT2D eigenvalue weighted by atomic mass is 35.5. The summed E-state index contributed by atoms with van der Waals surface area (Å²) in [5, 5.41) is 11.7. The van der Waals surface area contributed by atoms with Crippen LogP contribution in [0, 0.1) is 11.6 Å². The fourth-order valence-electron chi connectivity index (χ4n) is 9.13. The SMILES string of the molecule is C[C@@H]1C(=O)NN=C2COc3cc(-c4ccccc4F)c(C4CCN(C)CC4)cc3N21.C[C@@H]1C(=O)NN=C2COc3cc(-c4ccccc4F)c(C4CCNCC4)cc3N21.Cl. The largest absolute Gasteiger partial charge is 0.483 e. The number of carbonyl (C=O) groups is 2. The highest BCUT2D eigenvalue weighted by Crippen LogP contribution is 2.46. The molecule has 2 saturated heterocycles. The van der Waals surface area contributed by atoms with Crippen LogP contribution in [-0.2, 0) is 9.59 Å². The number of amidine groups is 2. The summed E-state index contributed by atoms with van der Waals surface area (Å²) in [4.78, 5) is 30.7. The van der Waals surface area contributed by atoms with Crippen molar-refractivity contribution >= 4 is 47.3 Å². The van der Waals surface area contributed by atoms with Crippen LogP contribution in [0.1, 0.15) is 62.5 Å². The van der Waals surface area contributed by atoms with E-state index in [-0.39, 0.29) is 61.2 Å². The zero-order chi connectivity index (χ0) is 40.8. The van der Waals surface area contributed by atoms with Gasteiger partial charge in [-0.25, -0.2) is 19.6 Å². The van der Waals surface area contributed by atoms with E-state index in [2.05, 4.69) is 50.5 Å². The highest BCUT2D eigenvalue weighted by molar-refractivity contribution is 6.10. The van der Waals surface area contributed by atoms with E-state index in [0.29, 0.717) is 46.1 Å². The molecule has 0 bridgehead atoms. The number of ether oxygens (including phenoxy) is 2. The van der Waals surface area contributed by atoms with E-state index >= 15 is 0 Å². The molecule has 0 aliphatic carbocycles. The van der Waals surface area contributed by atoms with Crippen LogP contribution in [-0.4, -0.2) is 86.9 Å². The van der Waals surface area contributed by atoms with Gasteiger partial charge < -0.3 is 29.5 Å². The van der Waals surface area contributed by atoms with Crippen LogP contribution in [0.2, 0.25) is 0 Å². The lowest BCUT2D eigenvalue weighted by Gasteiger charge is -2.39. The number of hydrogen-bond donors (Lipinski definition) is 3. The number of amides is 2. The number of carbonyl (C=O) groups excluding carboxylic acids is 2. The molecule has 4 aromatic rings. The molecule has 2 fully saturated rings. The number of fused-ring (bicyclic) bond motifs is 6. The molecule has 0 radical (unpaired) electrons. The number of anilines is 2. The van der Waals surface area contributed by atoms with E-state index in [1.165, 1.54) is 12.1 Å². The molecule has 6 aliphatic heterocycles. The van der Waals surface area contributed by atoms with Crippen molar-refractivity contribution in [1.82, 2.24) is 21.1 Å². The zero-order valence-electron chi connectivity index (χ0n) is 33.8. The summed E-state index contributed by atoms with van der Waals surface area (Å²) in [6.07, 6.45) is 3.99. The van der Waals surface area contributed by atoms with Gasteiger partial charge in [-0.05, 0) is 143 Å². The smallest absolute Gasteiger partial charge is 0.262 e. The summed E-state index contributed by atoms with van der Waals surface area (Å²) in [6.45, 7) is 8.12. The molecule has 2 amide bonds. The molecule has 60 heavy (non-hydrogen) atoms. The first-order valence-electron chi connectivity index (χ1n) is 20.5. The predicted octanol–water partition coefficient (Wildman–Crippen LogP) is 6.74. The quantitative estimate of drug-likeness (QED) is 0.207. The van der Waals surface area contributed by atoms with Crippen molar-refractivity contribution in [3.8, 4) is 33.8 Å². The van der Waals surface area contributed by atoms with Crippen molar-refractivity contribution in [3.63, 3.8) is 0 Å². The Labute approximate surface area is 354 Å². The predicted molar refractivity (Wildman–Crippen MR) is 231 cm³/mol. The number of benzene rings is 4. The Morgan fingerprint density at radius 3 is 1.52 bits per heavy atom. The van der Waals surface area contributed by atoms with Gasteiger partial charge >= 0.3 is 0 Å². The van der Waals surface area contributed by atoms with Crippen molar-refractivity contribution in [2.45, 2.75) is 63.5 Å². The van der Waals surface area contributed by atoms with E-state index in [9.17, 15) is 18.4 Å². The first kappa shape index (κ1) is 41.2. The fourth-order valence-corrected chi connectivity index (χ4v) is 9.13. The molecule has 6 aliphatic rings. The van der Waals surface area contributed by atoms with Crippen LogP contribution in [0.4, 0.5) is 20.2 Å². The summed E-state index contributed by atoms with van der Waals surface area (Å²) in [5.41, 5.74) is 11.9. The molecule has 0 spiro atoms. The first-order chi connectivity index (χ1) is 28.7. The molecule has 3 N–H and O–H groups in total. The molecule has 0 unspecified atom stereocenters. The third-order valence-corrected chi connectivity index (χ3v) is 12.4. The molecular formula is C45H49ClF2N8O4. The third kappa shape index (κ3) is 7.67. The summed E-state index contributed by atoms with van der Waals surface area (Å²) in [5.74, 6) is 2.52. The number of rotatable bonds is 4. The second-order valence-electron chi connectivity index (χ2n) is 16.1. The van der Waals surface area contributed by atoms with Gasteiger partial charge in [0.2, 0.25) is 0 Å². The number of nitrogens with zero attached hydrogens (tertiary/aromatic N) is 5. The van der Waals surface area contributed by atoms with Gasteiger partial charge in [0.05, 0.1) is 11.4 Å². The summed E-state index contributed by atoms with van der Waals surface area (Å²) in [6, 6.07) is 21.0. The zero-order valence-corrected chi connectivity index (χ0v) is 34.7. The van der Waals surface area contributed by atoms with Crippen LogP contribution in [0.5, 0.6) is 11.5 Å². The number of halogens is 3. The molecular weight excluding hydrogens is 790 g/mol. The van der Waals surface area contributed by atoms with E-state index in [0.717, 1.165) is 85.5 Å². The number of nitrogens with one attached hydrogen (secondary N) is 3. The van der Waals surface area contributed by atoms with Crippen LogP contribution < -0.4 is 35.4 Å². The van der Waals surface area contributed by atoms with Gasteiger partial charge in [0.25, 0.3) is 11.8 Å². The van der Waals surface area contributed by atoms with Gasteiger partial charge in [0.15, 0.2) is 11.7 Å². The minimum Gasteiger partial charge on any atom is -0.483 e. The summed E-state index contributed by atoms with van der Waals surface area (Å²) >= 11 is 0. The van der Waals surface area contributed by atoms with Gasteiger partial charge in [-0.1, -0.05) is 36.4 Å². The second-order valence-corrected chi connectivity index (χ2v) is 16.1. The van der Waals surface area contributed by atoms with Gasteiger partial charge in [0.1, 0.15) is 48.4 Å². The lowest BCUT2D eigenvalue weighted by Crippen LogP contribution is -2.55. The van der Waals surface area contributed by atoms with Crippen LogP contribution in [0.25, 0.3) is 22.3 Å².